The third kappa shape index (κ3) is 3.00. The van der Waals surface area contributed by atoms with Crippen molar-refractivity contribution in [1.82, 2.24) is 0 Å². The minimum Gasteiger partial charge on any atom is -0.496 e. The molecule has 1 aromatic rings. The highest BCUT2D eigenvalue weighted by molar-refractivity contribution is 9.10. The number of hydrogen-bond acceptors (Lipinski definition) is 2. The van der Waals surface area contributed by atoms with Crippen molar-refractivity contribution in [3.05, 3.63) is 28.2 Å². The van der Waals surface area contributed by atoms with Crippen LogP contribution < -0.4 is 4.74 Å². The Hall–Kier alpha value is -1.03. The summed E-state index contributed by atoms with van der Waals surface area (Å²) < 4.78 is 6.29. The van der Waals surface area contributed by atoms with Crippen LogP contribution in [-0.2, 0) is 4.79 Å². The van der Waals surface area contributed by atoms with Crippen LogP contribution in [0.5, 0.6) is 5.75 Å². The van der Waals surface area contributed by atoms with E-state index in [1.807, 2.05) is 18.2 Å². The van der Waals surface area contributed by atoms with Crippen molar-refractivity contribution >= 4 is 21.9 Å². The summed E-state index contributed by atoms with van der Waals surface area (Å²) in [6.07, 6.45) is 2.42. The number of carboxylic acid groups (broad SMARTS) is 1. The number of carboxylic acids is 1. The standard InChI is InChI=1S/C13H15BrO3/c1-17-12-5-4-9(14)6-11(12)10(7-13(15)16)8-2-3-8/h4-6,8,10H,2-3,7H2,1H3,(H,15,16). The molecule has 0 spiro atoms. The summed E-state index contributed by atoms with van der Waals surface area (Å²) in [5, 5.41) is 9.00. The van der Waals surface area contributed by atoms with E-state index in [9.17, 15) is 4.79 Å². The molecule has 1 atom stereocenters. The van der Waals surface area contributed by atoms with E-state index in [4.69, 9.17) is 9.84 Å². The number of benzene rings is 1. The molecule has 1 saturated carbocycles. The number of ether oxygens (including phenoxy) is 1. The largest absolute Gasteiger partial charge is 0.496 e. The molecular weight excluding hydrogens is 284 g/mol. The topological polar surface area (TPSA) is 46.5 Å². The molecule has 1 fully saturated rings. The zero-order chi connectivity index (χ0) is 12.4. The Kier molecular flexibility index (Phi) is 3.72. The zero-order valence-electron chi connectivity index (χ0n) is 9.65. The predicted molar refractivity (Wildman–Crippen MR) is 68.4 cm³/mol. The number of methoxy groups -OCH3 is 1. The number of carbonyl (C=O) groups is 1. The van der Waals surface area contributed by atoms with Crippen LogP contribution in [0.15, 0.2) is 22.7 Å². The minimum absolute atomic E-state index is 0.0694. The van der Waals surface area contributed by atoms with Gasteiger partial charge in [0.15, 0.2) is 0 Å². The molecule has 17 heavy (non-hydrogen) atoms. The van der Waals surface area contributed by atoms with Crippen LogP contribution in [0.4, 0.5) is 0 Å². The summed E-state index contributed by atoms with van der Waals surface area (Å²) in [5.41, 5.74) is 1.01. The van der Waals surface area contributed by atoms with Gasteiger partial charge in [0, 0.05) is 10.4 Å². The Bertz CT molecular complexity index is 427. The lowest BCUT2D eigenvalue weighted by Crippen LogP contribution is -2.09. The zero-order valence-corrected chi connectivity index (χ0v) is 11.2. The van der Waals surface area contributed by atoms with Crippen molar-refractivity contribution < 1.29 is 14.6 Å². The van der Waals surface area contributed by atoms with Gasteiger partial charge in [0.2, 0.25) is 0 Å². The highest BCUT2D eigenvalue weighted by atomic mass is 79.9. The highest BCUT2D eigenvalue weighted by Gasteiger charge is 2.35. The normalized spacial score (nSPS) is 16.6. The van der Waals surface area contributed by atoms with E-state index in [1.54, 1.807) is 7.11 Å². The summed E-state index contributed by atoms with van der Waals surface area (Å²) in [6.45, 7) is 0. The van der Waals surface area contributed by atoms with Gasteiger partial charge in [-0.1, -0.05) is 15.9 Å². The Morgan fingerprint density at radius 3 is 2.82 bits per heavy atom. The summed E-state index contributed by atoms with van der Waals surface area (Å²) in [7, 11) is 1.62. The molecular formula is C13H15BrO3. The van der Waals surface area contributed by atoms with Crippen molar-refractivity contribution in [2.45, 2.75) is 25.2 Å². The minimum atomic E-state index is -0.746. The second-order valence-electron chi connectivity index (χ2n) is 4.43. The smallest absolute Gasteiger partial charge is 0.303 e. The van der Waals surface area contributed by atoms with Crippen molar-refractivity contribution in [1.29, 1.82) is 0 Å². The number of rotatable bonds is 5. The van der Waals surface area contributed by atoms with Crippen molar-refractivity contribution in [3.63, 3.8) is 0 Å². The van der Waals surface area contributed by atoms with Crippen LogP contribution in [0.1, 0.15) is 30.7 Å². The number of halogens is 1. The molecule has 1 aromatic carbocycles. The van der Waals surface area contributed by atoms with Gasteiger partial charge in [-0.25, -0.2) is 0 Å². The third-order valence-electron chi connectivity index (χ3n) is 3.18. The van der Waals surface area contributed by atoms with Gasteiger partial charge in [-0.2, -0.15) is 0 Å². The first-order valence-electron chi connectivity index (χ1n) is 5.67. The lowest BCUT2D eigenvalue weighted by Gasteiger charge is -2.18. The van der Waals surface area contributed by atoms with Gasteiger partial charge in [0.05, 0.1) is 13.5 Å². The molecule has 4 heteroatoms. The summed E-state index contributed by atoms with van der Waals surface area (Å²) >= 11 is 3.43. The molecule has 1 unspecified atom stereocenters. The third-order valence-corrected chi connectivity index (χ3v) is 3.67. The average molecular weight is 299 g/mol. The van der Waals surface area contributed by atoms with E-state index in [1.165, 1.54) is 0 Å². The first-order chi connectivity index (χ1) is 8.11. The quantitative estimate of drug-likeness (QED) is 0.906. The fraction of sp³-hybridized carbons (Fsp3) is 0.462. The van der Waals surface area contributed by atoms with Crippen LogP contribution in [-0.4, -0.2) is 18.2 Å². The van der Waals surface area contributed by atoms with Gasteiger partial charge in [-0.15, -0.1) is 0 Å². The van der Waals surface area contributed by atoms with Crippen LogP contribution in [0.2, 0.25) is 0 Å². The van der Waals surface area contributed by atoms with Crippen LogP contribution in [0, 0.1) is 5.92 Å². The molecule has 1 aliphatic rings. The van der Waals surface area contributed by atoms with Crippen molar-refractivity contribution in [3.8, 4) is 5.75 Å². The van der Waals surface area contributed by atoms with E-state index in [-0.39, 0.29) is 12.3 Å². The lowest BCUT2D eigenvalue weighted by molar-refractivity contribution is -0.137. The maximum absolute atomic E-state index is 10.9. The van der Waals surface area contributed by atoms with Crippen molar-refractivity contribution in [2.75, 3.05) is 7.11 Å². The number of hydrogen-bond donors (Lipinski definition) is 1. The lowest BCUT2D eigenvalue weighted by atomic mass is 9.90. The molecule has 0 aromatic heterocycles. The molecule has 0 saturated heterocycles. The Balaban J connectivity index is 2.33. The second-order valence-corrected chi connectivity index (χ2v) is 5.34. The first kappa shape index (κ1) is 12.4. The molecule has 92 valence electrons. The molecule has 1 N–H and O–H groups in total. The first-order valence-corrected chi connectivity index (χ1v) is 6.46. The molecule has 3 nitrogen and oxygen atoms in total. The van der Waals surface area contributed by atoms with E-state index in [2.05, 4.69) is 15.9 Å². The van der Waals surface area contributed by atoms with Gasteiger partial charge >= 0.3 is 5.97 Å². The van der Waals surface area contributed by atoms with Gasteiger partial charge in [-0.05, 0) is 42.5 Å². The summed E-state index contributed by atoms with van der Waals surface area (Å²) in [4.78, 5) is 10.9. The molecule has 1 aliphatic carbocycles. The maximum Gasteiger partial charge on any atom is 0.303 e. The monoisotopic (exact) mass is 298 g/mol. The van der Waals surface area contributed by atoms with E-state index >= 15 is 0 Å². The van der Waals surface area contributed by atoms with E-state index in [0.717, 1.165) is 28.6 Å². The van der Waals surface area contributed by atoms with Crippen LogP contribution >= 0.6 is 15.9 Å². The summed E-state index contributed by atoms with van der Waals surface area (Å²) in [5.74, 6) is 0.601. The van der Waals surface area contributed by atoms with Crippen LogP contribution in [0.3, 0.4) is 0 Å². The summed E-state index contributed by atoms with van der Waals surface area (Å²) in [6, 6.07) is 5.77. The second kappa shape index (κ2) is 5.08. The fourth-order valence-corrected chi connectivity index (χ4v) is 2.59. The molecule has 0 radical (unpaired) electrons. The van der Waals surface area contributed by atoms with Gasteiger partial charge in [0.25, 0.3) is 0 Å². The van der Waals surface area contributed by atoms with Crippen molar-refractivity contribution in [2.24, 2.45) is 5.92 Å². The molecule has 0 bridgehead atoms. The SMILES string of the molecule is COc1ccc(Br)cc1C(CC(=O)O)C1CC1. The van der Waals surface area contributed by atoms with Gasteiger partial charge in [0.1, 0.15) is 5.75 Å². The number of aliphatic carboxylic acids is 1. The highest BCUT2D eigenvalue weighted by Crippen LogP contribution is 2.47. The Labute approximate surface area is 109 Å². The molecule has 2 rings (SSSR count). The molecule has 0 amide bonds. The Morgan fingerprint density at radius 1 is 1.59 bits per heavy atom. The Morgan fingerprint density at radius 2 is 2.29 bits per heavy atom. The van der Waals surface area contributed by atoms with E-state index in [0.29, 0.717) is 5.92 Å². The predicted octanol–water partition coefficient (Wildman–Crippen LogP) is 3.43. The van der Waals surface area contributed by atoms with Gasteiger partial charge < -0.3 is 9.84 Å². The average Bonchev–Trinajstić information content (AvgIpc) is 3.09. The maximum atomic E-state index is 10.9. The molecule has 0 heterocycles. The fourth-order valence-electron chi connectivity index (χ4n) is 2.21. The molecule has 0 aliphatic heterocycles. The van der Waals surface area contributed by atoms with E-state index < -0.39 is 5.97 Å². The van der Waals surface area contributed by atoms with Gasteiger partial charge in [-0.3, -0.25) is 4.79 Å². The van der Waals surface area contributed by atoms with Crippen LogP contribution in [0.25, 0.3) is 0 Å².